The van der Waals surface area contributed by atoms with Crippen molar-refractivity contribution in [3.05, 3.63) is 30.1 Å². The lowest BCUT2D eigenvalue weighted by atomic mass is 9.86. The van der Waals surface area contributed by atoms with E-state index >= 15 is 0 Å². The highest BCUT2D eigenvalue weighted by Crippen LogP contribution is 2.28. The number of amides is 1. The van der Waals surface area contributed by atoms with Crippen molar-refractivity contribution in [3.63, 3.8) is 0 Å². The third-order valence-electron chi connectivity index (χ3n) is 3.71. The molecule has 0 atom stereocenters. The summed E-state index contributed by atoms with van der Waals surface area (Å²) >= 11 is 0. The van der Waals surface area contributed by atoms with Crippen LogP contribution >= 0.6 is 0 Å². The minimum atomic E-state index is -3.62. The van der Waals surface area contributed by atoms with Crippen molar-refractivity contribution in [2.75, 3.05) is 6.61 Å². The van der Waals surface area contributed by atoms with Crippen LogP contribution in [0, 0.1) is 5.92 Å². The summed E-state index contributed by atoms with van der Waals surface area (Å²) in [6.45, 7) is 0.116. The standard InChI is InChI=1S/C14H18F2N2O2/c15-14(16,12-3-1-2-8-17-12)13(20)18-11-6-4-10(9-19)5-7-11/h1-3,8,10-11,19H,4-7,9H2,(H,18,20). The largest absolute Gasteiger partial charge is 0.396 e. The molecule has 1 aromatic rings. The average Bonchev–Trinajstić information content (AvgIpc) is 2.49. The van der Waals surface area contributed by atoms with Crippen LogP contribution in [0.3, 0.4) is 0 Å². The minimum Gasteiger partial charge on any atom is -0.396 e. The van der Waals surface area contributed by atoms with E-state index in [2.05, 4.69) is 10.3 Å². The van der Waals surface area contributed by atoms with E-state index in [1.807, 2.05) is 0 Å². The van der Waals surface area contributed by atoms with Gasteiger partial charge in [-0.3, -0.25) is 9.78 Å². The number of alkyl halides is 2. The van der Waals surface area contributed by atoms with Gasteiger partial charge in [-0.15, -0.1) is 0 Å². The van der Waals surface area contributed by atoms with Gasteiger partial charge in [-0.05, 0) is 43.7 Å². The summed E-state index contributed by atoms with van der Waals surface area (Å²) < 4.78 is 27.9. The van der Waals surface area contributed by atoms with Gasteiger partial charge in [-0.2, -0.15) is 8.78 Å². The number of aromatic nitrogens is 1. The molecule has 1 heterocycles. The van der Waals surface area contributed by atoms with Crippen LogP contribution in [0.25, 0.3) is 0 Å². The maximum Gasteiger partial charge on any atom is 0.366 e. The summed E-state index contributed by atoms with van der Waals surface area (Å²) in [5, 5.41) is 11.4. The normalized spacial score (nSPS) is 23.4. The predicted octanol–water partition coefficient (Wildman–Crippen LogP) is 1.84. The van der Waals surface area contributed by atoms with Gasteiger partial charge in [0.1, 0.15) is 5.69 Å². The number of carbonyl (C=O) groups is 1. The summed E-state index contributed by atoms with van der Waals surface area (Å²) in [5.74, 6) is -4.70. The molecule has 1 saturated carbocycles. The monoisotopic (exact) mass is 284 g/mol. The fourth-order valence-corrected chi connectivity index (χ4v) is 2.43. The maximum atomic E-state index is 13.9. The van der Waals surface area contributed by atoms with Crippen LogP contribution in [-0.2, 0) is 10.7 Å². The molecular formula is C14H18F2N2O2. The summed E-state index contributed by atoms with van der Waals surface area (Å²) in [6.07, 6.45) is 3.97. The number of aliphatic hydroxyl groups excluding tert-OH is 1. The summed E-state index contributed by atoms with van der Waals surface area (Å²) in [7, 11) is 0. The molecule has 1 aliphatic rings. The van der Waals surface area contributed by atoms with Crippen molar-refractivity contribution in [2.45, 2.75) is 37.6 Å². The first-order chi connectivity index (χ1) is 9.54. The summed E-state index contributed by atoms with van der Waals surface area (Å²) in [4.78, 5) is 15.3. The van der Waals surface area contributed by atoms with Gasteiger partial charge in [-0.25, -0.2) is 0 Å². The summed E-state index contributed by atoms with van der Waals surface area (Å²) in [5.41, 5.74) is -0.540. The van der Waals surface area contributed by atoms with Crippen molar-refractivity contribution >= 4 is 5.91 Å². The third kappa shape index (κ3) is 3.30. The number of rotatable bonds is 4. The second-order valence-corrected chi connectivity index (χ2v) is 5.16. The van der Waals surface area contributed by atoms with Crippen LogP contribution in [0.4, 0.5) is 8.78 Å². The molecule has 0 aliphatic heterocycles. The average molecular weight is 284 g/mol. The van der Waals surface area contributed by atoms with E-state index in [1.54, 1.807) is 0 Å². The number of hydrogen-bond acceptors (Lipinski definition) is 3. The molecule has 2 rings (SSSR count). The molecule has 0 radical (unpaired) electrons. The molecule has 6 heteroatoms. The van der Waals surface area contributed by atoms with Crippen molar-refractivity contribution in [2.24, 2.45) is 5.92 Å². The SMILES string of the molecule is O=C(NC1CCC(CO)CC1)C(F)(F)c1ccccn1. The first kappa shape index (κ1) is 14.8. The molecule has 0 unspecified atom stereocenters. The van der Waals surface area contributed by atoms with Crippen LogP contribution in [0.15, 0.2) is 24.4 Å². The van der Waals surface area contributed by atoms with Crippen LogP contribution in [0.2, 0.25) is 0 Å². The Hall–Kier alpha value is -1.56. The molecular weight excluding hydrogens is 266 g/mol. The van der Waals surface area contributed by atoms with E-state index in [-0.39, 0.29) is 18.6 Å². The van der Waals surface area contributed by atoms with Gasteiger partial charge in [0.2, 0.25) is 0 Å². The highest BCUT2D eigenvalue weighted by molar-refractivity contribution is 5.84. The fourth-order valence-electron chi connectivity index (χ4n) is 2.43. The van der Waals surface area contributed by atoms with Crippen LogP contribution in [0.5, 0.6) is 0 Å². The second kappa shape index (κ2) is 6.26. The fraction of sp³-hybridized carbons (Fsp3) is 0.571. The van der Waals surface area contributed by atoms with E-state index in [0.717, 1.165) is 18.9 Å². The smallest absolute Gasteiger partial charge is 0.366 e. The molecule has 20 heavy (non-hydrogen) atoms. The molecule has 1 aromatic heterocycles. The maximum absolute atomic E-state index is 13.9. The van der Waals surface area contributed by atoms with E-state index < -0.39 is 17.5 Å². The van der Waals surface area contributed by atoms with Crippen molar-refractivity contribution in [3.8, 4) is 0 Å². The predicted molar refractivity (Wildman–Crippen MR) is 69.1 cm³/mol. The molecule has 0 aromatic carbocycles. The molecule has 1 aliphatic carbocycles. The lowest BCUT2D eigenvalue weighted by Gasteiger charge is -2.29. The Morgan fingerprint density at radius 2 is 2.05 bits per heavy atom. The van der Waals surface area contributed by atoms with Crippen molar-refractivity contribution < 1.29 is 18.7 Å². The Bertz CT molecular complexity index is 446. The van der Waals surface area contributed by atoms with Gasteiger partial charge in [0, 0.05) is 18.8 Å². The highest BCUT2D eigenvalue weighted by Gasteiger charge is 2.43. The first-order valence-electron chi connectivity index (χ1n) is 6.75. The Labute approximate surface area is 116 Å². The van der Waals surface area contributed by atoms with Crippen LogP contribution in [0.1, 0.15) is 31.4 Å². The Morgan fingerprint density at radius 3 is 2.60 bits per heavy atom. The summed E-state index contributed by atoms with van der Waals surface area (Å²) in [6, 6.07) is 3.84. The van der Waals surface area contributed by atoms with Gasteiger partial charge >= 0.3 is 5.92 Å². The topological polar surface area (TPSA) is 62.2 Å². The molecule has 0 bridgehead atoms. The number of aliphatic hydroxyl groups is 1. The minimum absolute atomic E-state index is 0.116. The first-order valence-corrected chi connectivity index (χ1v) is 6.75. The van der Waals surface area contributed by atoms with Gasteiger partial charge < -0.3 is 10.4 Å². The number of nitrogens with zero attached hydrogens (tertiary/aromatic N) is 1. The Balaban J connectivity index is 1.95. The molecule has 0 spiro atoms. The van der Waals surface area contributed by atoms with Crippen molar-refractivity contribution in [1.82, 2.24) is 10.3 Å². The van der Waals surface area contributed by atoms with E-state index in [0.29, 0.717) is 12.8 Å². The zero-order valence-corrected chi connectivity index (χ0v) is 11.1. The molecule has 1 fully saturated rings. The molecule has 4 nitrogen and oxygen atoms in total. The molecule has 0 saturated heterocycles. The number of pyridine rings is 1. The molecule has 2 N–H and O–H groups in total. The van der Waals surface area contributed by atoms with Crippen LogP contribution in [-0.4, -0.2) is 28.6 Å². The Kier molecular flexibility index (Phi) is 4.65. The highest BCUT2D eigenvalue weighted by atomic mass is 19.3. The lowest BCUT2D eigenvalue weighted by molar-refractivity contribution is -0.148. The molecule has 110 valence electrons. The van der Waals surface area contributed by atoms with E-state index in [1.165, 1.54) is 18.3 Å². The van der Waals surface area contributed by atoms with E-state index in [4.69, 9.17) is 5.11 Å². The van der Waals surface area contributed by atoms with Gasteiger partial charge in [0.15, 0.2) is 0 Å². The zero-order chi connectivity index (χ0) is 14.6. The lowest BCUT2D eigenvalue weighted by Crippen LogP contribution is -2.45. The number of halogens is 2. The number of carbonyl (C=O) groups excluding carboxylic acids is 1. The molecule has 1 amide bonds. The number of hydrogen-bond donors (Lipinski definition) is 2. The van der Waals surface area contributed by atoms with Crippen molar-refractivity contribution in [1.29, 1.82) is 0 Å². The van der Waals surface area contributed by atoms with Gasteiger partial charge in [0.25, 0.3) is 5.91 Å². The van der Waals surface area contributed by atoms with E-state index in [9.17, 15) is 13.6 Å². The quantitative estimate of drug-likeness (QED) is 0.887. The van der Waals surface area contributed by atoms with Gasteiger partial charge in [-0.1, -0.05) is 6.07 Å². The number of nitrogens with one attached hydrogen (secondary N) is 1. The Morgan fingerprint density at radius 1 is 1.35 bits per heavy atom. The zero-order valence-electron chi connectivity index (χ0n) is 11.1. The van der Waals surface area contributed by atoms with Crippen LogP contribution < -0.4 is 5.32 Å². The van der Waals surface area contributed by atoms with Gasteiger partial charge in [0.05, 0.1) is 0 Å². The third-order valence-corrected chi connectivity index (χ3v) is 3.71. The second-order valence-electron chi connectivity index (χ2n) is 5.16.